The molecule has 7 heterocycles. The molecular weight excluding hydrogens is 616 g/mol. The number of pyridine rings is 1. The third-order valence-corrected chi connectivity index (χ3v) is 10.4. The molecule has 5 unspecified atom stereocenters. The summed E-state index contributed by atoms with van der Waals surface area (Å²) in [6.07, 6.45) is -1.88. The van der Waals surface area contributed by atoms with Crippen molar-refractivity contribution in [3.63, 3.8) is 0 Å². The van der Waals surface area contributed by atoms with Crippen molar-refractivity contribution in [1.29, 1.82) is 0 Å². The first-order valence-electron chi connectivity index (χ1n) is 15.7. The van der Waals surface area contributed by atoms with Gasteiger partial charge in [0.25, 0.3) is 0 Å². The van der Waals surface area contributed by atoms with Crippen molar-refractivity contribution >= 4 is 22.5 Å². The number of ether oxygens (including phenoxy) is 2. The highest BCUT2D eigenvalue weighted by molar-refractivity contribution is 5.99. The van der Waals surface area contributed by atoms with Gasteiger partial charge in [0.2, 0.25) is 0 Å². The number of nitrogen functional groups attached to an aromatic ring is 1. The van der Waals surface area contributed by atoms with Gasteiger partial charge < -0.3 is 25.4 Å². The van der Waals surface area contributed by atoms with Crippen molar-refractivity contribution in [3.05, 3.63) is 28.8 Å². The van der Waals surface area contributed by atoms with Gasteiger partial charge in [0, 0.05) is 44.1 Å². The molecule has 2 bridgehead atoms. The van der Waals surface area contributed by atoms with Crippen LogP contribution in [0.3, 0.4) is 0 Å². The van der Waals surface area contributed by atoms with Crippen LogP contribution in [0.4, 0.5) is 38.0 Å². The normalized spacial score (nSPS) is 29.0. The van der Waals surface area contributed by atoms with Crippen molar-refractivity contribution in [3.8, 4) is 23.0 Å². The molecule has 9 nitrogen and oxygen atoms in total. The molecule has 15 heteroatoms. The quantitative estimate of drug-likeness (QED) is 0.382. The van der Waals surface area contributed by atoms with Crippen LogP contribution >= 0.6 is 0 Å². The summed E-state index contributed by atoms with van der Waals surface area (Å²) in [5.74, 6) is -3.31. The summed E-state index contributed by atoms with van der Waals surface area (Å²) in [6.45, 7) is 2.74. The monoisotopic (exact) mass is 649 g/mol. The molecule has 0 radical (unpaired) electrons. The molecule has 8 rings (SSSR count). The molecule has 0 amide bonds. The van der Waals surface area contributed by atoms with Crippen LogP contribution in [0.5, 0.6) is 11.8 Å². The standard InChI is InChI=1S/C31H33F6N7O2/c1-14-9-19(38)40-25(22(14)31(35,36)37)20-23(33)26-21-27(24(20)34)45-8-5-18-17-4-3-16(39-17)12-44(18)28(21)42-29(41-26)46-13-30-6-2-7-43(30)11-15(32)10-30/h9,15-18,39H,2-8,10-13H2,1H3,(H2,38,40). The second kappa shape index (κ2) is 10.5. The predicted molar refractivity (Wildman–Crippen MR) is 157 cm³/mol. The zero-order valence-corrected chi connectivity index (χ0v) is 25.1. The van der Waals surface area contributed by atoms with Crippen LogP contribution in [-0.4, -0.2) is 82.5 Å². The Morgan fingerprint density at radius 2 is 1.96 bits per heavy atom. The average Bonchev–Trinajstić information content (AvgIpc) is 3.64. The Labute approximate surface area is 260 Å². The largest absolute Gasteiger partial charge is 0.490 e. The lowest BCUT2D eigenvalue weighted by atomic mass is 9.95. The molecule has 0 spiro atoms. The molecule has 3 N–H and O–H groups in total. The molecule has 46 heavy (non-hydrogen) atoms. The molecular formula is C31H33F6N7O2. The SMILES string of the molecule is Cc1cc(N)nc(-c2c(F)c3c4c(nc(OCC56CCCN5CC(F)C6)nc4c2F)N2CC4CCC(N4)C2CCO3)c1C(F)(F)F. The van der Waals surface area contributed by atoms with E-state index in [4.69, 9.17) is 20.2 Å². The molecule has 0 aliphatic carbocycles. The maximum Gasteiger partial charge on any atom is 0.418 e. The first kappa shape index (κ1) is 29.8. The number of halogens is 6. The summed E-state index contributed by atoms with van der Waals surface area (Å²) < 4.78 is 103. The number of rotatable bonds is 4. The number of aromatic nitrogens is 3. The molecule has 4 saturated heterocycles. The fraction of sp³-hybridized carbons (Fsp3) is 0.581. The van der Waals surface area contributed by atoms with Gasteiger partial charge in [-0.1, -0.05) is 0 Å². The van der Waals surface area contributed by atoms with Crippen LogP contribution in [-0.2, 0) is 6.18 Å². The lowest BCUT2D eigenvalue weighted by molar-refractivity contribution is -0.137. The zero-order valence-electron chi connectivity index (χ0n) is 25.1. The van der Waals surface area contributed by atoms with E-state index in [9.17, 15) is 17.6 Å². The Hall–Kier alpha value is -3.59. The van der Waals surface area contributed by atoms with Gasteiger partial charge >= 0.3 is 12.2 Å². The van der Waals surface area contributed by atoms with Gasteiger partial charge in [0.15, 0.2) is 17.4 Å². The fourth-order valence-electron chi connectivity index (χ4n) is 8.50. The van der Waals surface area contributed by atoms with Crippen molar-refractivity contribution in [2.45, 2.75) is 81.5 Å². The van der Waals surface area contributed by atoms with Crippen LogP contribution in [0.25, 0.3) is 22.2 Å². The summed E-state index contributed by atoms with van der Waals surface area (Å²) in [4.78, 5) is 16.9. The highest BCUT2D eigenvalue weighted by Crippen LogP contribution is 2.49. The van der Waals surface area contributed by atoms with Crippen molar-refractivity contribution in [1.82, 2.24) is 25.2 Å². The Kier molecular flexibility index (Phi) is 6.77. The highest BCUT2D eigenvalue weighted by atomic mass is 19.4. The van der Waals surface area contributed by atoms with E-state index in [1.54, 1.807) is 0 Å². The third kappa shape index (κ3) is 4.55. The summed E-state index contributed by atoms with van der Waals surface area (Å²) in [7, 11) is 0. The van der Waals surface area contributed by atoms with Gasteiger partial charge in [-0.15, -0.1) is 0 Å². The van der Waals surface area contributed by atoms with Gasteiger partial charge in [-0.25, -0.2) is 18.2 Å². The van der Waals surface area contributed by atoms with Crippen LogP contribution in [0, 0.1) is 18.6 Å². The van der Waals surface area contributed by atoms with E-state index < -0.39 is 57.6 Å². The molecule has 246 valence electrons. The summed E-state index contributed by atoms with van der Waals surface area (Å²) >= 11 is 0. The van der Waals surface area contributed by atoms with E-state index in [0.717, 1.165) is 38.8 Å². The third-order valence-electron chi connectivity index (χ3n) is 10.4. The lowest BCUT2D eigenvalue weighted by Crippen LogP contribution is -2.59. The lowest BCUT2D eigenvalue weighted by Gasteiger charge is -2.43. The van der Waals surface area contributed by atoms with Crippen molar-refractivity contribution in [2.24, 2.45) is 0 Å². The molecule has 2 aromatic heterocycles. The minimum absolute atomic E-state index is 0.0249. The molecule has 5 atom stereocenters. The maximum absolute atomic E-state index is 16.8. The molecule has 0 saturated carbocycles. The first-order chi connectivity index (χ1) is 21.9. The fourth-order valence-corrected chi connectivity index (χ4v) is 8.50. The van der Waals surface area contributed by atoms with Crippen LogP contribution in [0.15, 0.2) is 6.07 Å². The topological polar surface area (TPSA) is 102 Å². The number of benzene rings is 1. The van der Waals surface area contributed by atoms with Gasteiger partial charge in [0.05, 0.1) is 34.4 Å². The molecule has 5 aliphatic rings. The number of nitrogens with zero attached hydrogens (tertiary/aromatic N) is 5. The Bertz CT molecular complexity index is 1740. The Morgan fingerprint density at radius 1 is 1.13 bits per heavy atom. The van der Waals surface area contributed by atoms with Gasteiger partial charge in [-0.3, -0.25) is 4.90 Å². The predicted octanol–water partition coefficient (Wildman–Crippen LogP) is 4.93. The van der Waals surface area contributed by atoms with Gasteiger partial charge in [-0.2, -0.15) is 23.1 Å². The van der Waals surface area contributed by atoms with E-state index >= 15 is 8.78 Å². The van der Waals surface area contributed by atoms with E-state index in [1.807, 2.05) is 4.90 Å². The first-order valence-corrected chi connectivity index (χ1v) is 15.7. The van der Waals surface area contributed by atoms with Crippen LogP contribution in [0.1, 0.15) is 49.7 Å². The molecule has 4 fully saturated rings. The molecule has 3 aromatic rings. The summed E-state index contributed by atoms with van der Waals surface area (Å²) in [6, 6.07) is 0.858. The van der Waals surface area contributed by atoms with Crippen LogP contribution in [0.2, 0.25) is 0 Å². The maximum atomic E-state index is 16.8. The van der Waals surface area contributed by atoms with E-state index in [2.05, 4.69) is 20.2 Å². The summed E-state index contributed by atoms with van der Waals surface area (Å²) in [5, 5.41) is 3.51. The highest BCUT2D eigenvalue weighted by Gasteiger charge is 2.50. The van der Waals surface area contributed by atoms with E-state index in [1.165, 1.54) is 0 Å². The van der Waals surface area contributed by atoms with Crippen molar-refractivity contribution < 1.29 is 35.8 Å². The van der Waals surface area contributed by atoms with Crippen molar-refractivity contribution in [2.75, 3.05) is 43.5 Å². The number of piperazine rings is 1. The van der Waals surface area contributed by atoms with Gasteiger partial charge in [-0.05, 0) is 50.8 Å². The second-order valence-electron chi connectivity index (χ2n) is 13.2. The Balaban J connectivity index is 1.35. The molecule has 5 aliphatic heterocycles. The number of aryl methyl sites for hydroxylation is 1. The Morgan fingerprint density at radius 3 is 2.76 bits per heavy atom. The number of hydrogen-bond acceptors (Lipinski definition) is 9. The minimum Gasteiger partial charge on any atom is -0.490 e. The average molecular weight is 650 g/mol. The van der Waals surface area contributed by atoms with E-state index in [-0.39, 0.29) is 66.4 Å². The van der Waals surface area contributed by atoms with Gasteiger partial charge in [0.1, 0.15) is 29.9 Å². The number of hydrogen-bond donors (Lipinski definition) is 2. The number of alkyl halides is 4. The zero-order chi connectivity index (χ0) is 32.1. The number of nitrogens with one attached hydrogen (secondary N) is 1. The summed E-state index contributed by atoms with van der Waals surface area (Å²) in [5.41, 5.74) is 1.09. The second-order valence-corrected chi connectivity index (χ2v) is 13.2. The molecule has 1 aromatic carbocycles. The van der Waals surface area contributed by atoms with Crippen LogP contribution < -0.4 is 25.4 Å². The van der Waals surface area contributed by atoms with E-state index in [0.29, 0.717) is 25.9 Å². The smallest absolute Gasteiger partial charge is 0.418 e. The number of anilines is 2. The minimum atomic E-state index is -5.00. The number of nitrogens with two attached hydrogens (primary N) is 1. The number of fused-ring (bicyclic) bond motifs is 6.